The highest BCUT2D eigenvalue weighted by Gasteiger charge is 2.45. The standard InChI is InChI=1S/C11H12BrFO2/c1-6-5-7(11(14)3-4-11)9(13)10(15-2)8(6)12/h5,14H,3-4H2,1-2H3. The van der Waals surface area contributed by atoms with E-state index in [4.69, 9.17) is 4.74 Å². The number of aryl methyl sites for hydroxylation is 1. The van der Waals surface area contributed by atoms with Gasteiger partial charge in [0.05, 0.1) is 17.2 Å². The molecule has 2 rings (SSSR count). The van der Waals surface area contributed by atoms with Crippen molar-refractivity contribution in [1.82, 2.24) is 0 Å². The Balaban J connectivity index is 2.62. The predicted octanol–water partition coefficient (Wildman–Crippen LogP) is 2.89. The Morgan fingerprint density at radius 2 is 2.13 bits per heavy atom. The zero-order valence-corrected chi connectivity index (χ0v) is 10.2. The molecule has 0 aliphatic heterocycles. The van der Waals surface area contributed by atoms with Gasteiger partial charge < -0.3 is 9.84 Å². The van der Waals surface area contributed by atoms with E-state index in [-0.39, 0.29) is 5.75 Å². The molecule has 1 saturated carbocycles. The number of hydrogen-bond acceptors (Lipinski definition) is 2. The summed E-state index contributed by atoms with van der Waals surface area (Å²) in [6, 6.07) is 1.68. The molecule has 1 aromatic carbocycles. The van der Waals surface area contributed by atoms with Crippen LogP contribution in [0.1, 0.15) is 24.0 Å². The molecule has 0 radical (unpaired) electrons. The van der Waals surface area contributed by atoms with Gasteiger partial charge in [0.15, 0.2) is 11.6 Å². The molecule has 0 heterocycles. The van der Waals surface area contributed by atoms with Crippen molar-refractivity contribution < 1.29 is 14.2 Å². The molecular formula is C11H12BrFO2. The van der Waals surface area contributed by atoms with E-state index in [9.17, 15) is 9.50 Å². The highest BCUT2D eigenvalue weighted by Crippen LogP contribution is 2.49. The highest BCUT2D eigenvalue weighted by molar-refractivity contribution is 9.10. The molecule has 0 unspecified atom stereocenters. The normalized spacial score (nSPS) is 17.7. The van der Waals surface area contributed by atoms with Gasteiger partial charge >= 0.3 is 0 Å². The van der Waals surface area contributed by atoms with Crippen molar-refractivity contribution in [2.45, 2.75) is 25.4 Å². The second-order valence-electron chi connectivity index (χ2n) is 3.93. The monoisotopic (exact) mass is 274 g/mol. The molecule has 1 N–H and O–H groups in total. The Morgan fingerprint density at radius 1 is 1.53 bits per heavy atom. The van der Waals surface area contributed by atoms with E-state index >= 15 is 0 Å². The van der Waals surface area contributed by atoms with Gasteiger partial charge in [-0.2, -0.15) is 0 Å². The Hall–Kier alpha value is -0.610. The summed E-state index contributed by atoms with van der Waals surface area (Å²) in [6.45, 7) is 1.85. The summed E-state index contributed by atoms with van der Waals surface area (Å²) in [5.41, 5.74) is 0.242. The van der Waals surface area contributed by atoms with Crippen molar-refractivity contribution in [2.75, 3.05) is 7.11 Å². The second kappa shape index (κ2) is 3.46. The Labute approximate surface area is 96.2 Å². The molecule has 0 spiro atoms. The van der Waals surface area contributed by atoms with Gasteiger partial charge in [-0.15, -0.1) is 0 Å². The maximum Gasteiger partial charge on any atom is 0.172 e. The van der Waals surface area contributed by atoms with Crippen LogP contribution in [0.3, 0.4) is 0 Å². The van der Waals surface area contributed by atoms with Crippen LogP contribution in [0.5, 0.6) is 5.75 Å². The fourth-order valence-electron chi connectivity index (χ4n) is 1.65. The lowest BCUT2D eigenvalue weighted by atomic mass is 10.0. The first-order valence-corrected chi connectivity index (χ1v) is 5.54. The summed E-state index contributed by atoms with van der Waals surface area (Å²) in [6.07, 6.45) is 1.24. The Bertz CT molecular complexity index is 414. The molecule has 82 valence electrons. The maximum atomic E-state index is 13.9. The van der Waals surface area contributed by atoms with Gasteiger partial charge in [-0.1, -0.05) is 0 Å². The lowest BCUT2D eigenvalue weighted by Crippen LogP contribution is -2.09. The van der Waals surface area contributed by atoms with Crippen molar-refractivity contribution >= 4 is 15.9 Å². The van der Waals surface area contributed by atoms with Gasteiger partial charge in [-0.3, -0.25) is 0 Å². The van der Waals surface area contributed by atoms with Gasteiger partial charge in [-0.25, -0.2) is 4.39 Å². The lowest BCUT2D eigenvalue weighted by Gasteiger charge is -2.15. The molecule has 1 aliphatic rings. The summed E-state index contributed by atoms with van der Waals surface area (Å²) < 4.78 is 19.5. The predicted molar refractivity (Wildman–Crippen MR) is 58.5 cm³/mol. The van der Waals surface area contributed by atoms with Crippen molar-refractivity contribution in [3.05, 3.63) is 27.5 Å². The summed E-state index contributed by atoms with van der Waals surface area (Å²) in [7, 11) is 1.42. The number of benzene rings is 1. The maximum absolute atomic E-state index is 13.9. The van der Waals surface area contributed by atoms with Crippen LogP contribution in [0.2, 0.25) is 0 Å². The van der Waals surface area contributed by atoms with Crippen LogP contribution in [0.15, 0.2) is 10.5 Å². The van der Waals surface area contributed by atoms with E-state index in [0.29, 0.717) is 22.9 Å². The topological polar surface area (TPSA) is 29.5 Å². The molecular weight excluding hydrogens is 263 g/mol. The molecule has 0 bridgehead atoms. The number of rotatable bonds is 2. The minimum absolute atomic E-state index is 0.172. The SMILES string of the molecule is COc1c(F)c(C2(O)CC2)cc(C)c1Br. The lowest BCUT2D eigenvalue weighted by molar-refractivity contribution is 0.145. The van der Waals surface area contributed by atoms with Crippen molar-refractivity contribution in [3.8, 4) is 5.75 Å². The minimum Gasteiger partial charge on any atom is -0.492 e. The Kier molecular flexibility index (Phi) is 2.51. The molecule has 1 fully saturated rings. The van der Waals surface area contributed by atoms with Gasteiger partial charge in [0.2, 0.25) is 0 Å². The van der Waals surface area contributed by atoms with Crippen molar-refractivity contribution in [1.29, 1.82) is 0 Å². The highest BCUT2D eigenvalue weighted by atomic mass is 79.9. The van der Waals surface area contributed by atoms with Crippen LogP contribution in [0, 0.1) is 12.7 Å². The van der Waals surface area contributed by atoms with Crippen molar-refractivity contribution in [2.24, 2.45) is 0 Å². The van der Waals surface area contributed by atoms with E-state index in [2.05, 4.69) is 15.9 Å². The first kappa shape index (κ1) is 10.9. The van der Waals surface area contributed by atoms with Crippen LogP contribution >= 0.6 is 15.9 Å². The number of hydrogen-bond donors (Lipinski definition) is 1. The average molecular weight is 275 g/mol. The molecule has 15 heavy (non-hydrogen) atoms. The van der Waals surface area contributed by atoms with Gasteiger partial charge in [0, 0.05) is 5.56 Å². The number of aliphatic hydroxyl groups is 1. The van der Waals surface area contributed by atoms with Crippen LogP contribution in [0.25, 0.3) is 0 Å². The summed E-state index contributed by atoms with van der Waals surface area (Å²) in [5.74, 6) is -0.291. The quantitative estimate of drug-likeness (QED) is 0.899. The zero-order valence-electron chi connectivity index (χ0n) is 8.60. The van der Waals surface area contributed by atoms with Gasteiger partial charge in [0.25, 0.3) is 0 Å². The molecule has 0 saturated heterocycles. The average Bonchev–Trinajstić information content (AvgIpc) is 2.92. The van der Waals surface area contributed by atoms with Crippen LogP contribution < -0.4 is 4.74 Å². The third-order valence-electron chi connectivity index (χ3n) is 2.77. The largest absolute Gasteiger partial charge is 0.492 e. The number of ether oxygens (including phenoxy) is 1. The number of halogens is 2. The summed E-state index contributed by atoms with van der Waals surface area (Å²) in [5, 5.41) is 9.91. The van der Waals surface area contributed by atoms with E-state index in [1.165, 1.54) is 7.11 Å². The second-order valence-corrected chi connectivity index (χ2v) is 4.73. The van der Waals surface area contributed by atoms with E-state index in [0.717, 1.165) is 5.56 Å². The van der Waals surface area contributed by atoms with E-state index in [1.807, 2.05) is 6.92 Å². The van der Waals surface area contributed by atoms with Gasteiger partial charge in [0.1, 0.15) is 0 Å². The molecule has 0 amide bonds. The zero-order chi connectivity index (χ0) is 11.2. The summed E-state index contributed by atoms with van der Waals surface area (Å²) >= 11 is 3.27. The fraction of sp³-hybridized carbons (Fsp3) is 0.455. The van der Waals surface area contributed by atoms with Gasteiger partial charge in [-0.05, 0) is 47.3 Å². The number of methoxy groups -OCH3 is 1. The molecule has 2 nitrogen and oxygen atoms in total. The van der Waals surface area contributed by atoms with Crippen LogP contribution in [0.4, 0.5) is 4.39 Å². The van der Waals surface area contributed by atoms with Crippen molar-refractivity contribution in [3.63, 3.8) is 0 Å². The minimum atomic E-state index is -0.969. The Morgan fingerprint density at radius 3 is 2.60 bits per heavy atom. The first-order chi connectivity index (χ1) is 6.99. The third kappa shape index (κ3) is 1.66. The molecule has 1 aliphatic carbocycles. The third-order valence-corrected chi connectivity index (χ3v) is 3.76. The molecule has 1 aromatic rings. The summed E-state index contributed by atoms with van der Waals surface area (Å²) in [4.78, 5) is 0. The van der Waals surface area contributed by atoms with Crippen LogP contribution in [-0.4, -0.2) is 12.2 Å². The molecule has 0 aromatic heterocycles. The smallest absolute Gasteiger partial charge is 0.172 e. The fourth-order valence-corrected chi connectivity index (χ4v) is 2.10. The van der Waals surface area contributed by atoms with E-state index in [1.54, 1.807) is 6.07 Å². The molecule has 0 atom stereocenters. The van der Waals surface area contributed by atoms with E-state index < -0.39 is 11.4 Å². The first-order valence-electron chi connectivity index (χ1n) is 4.75. The van der Waals surface area contributed by atoms with Crippen LogP contribution in [-0.2, 0) is 5.60 Å². The molecule has 4 heteroatoms.